The summed E-state index contributed by atoms with van der Waals surface area (Å²) in [5, 5.41) is 8.80. The number of hydrogen-bond acceptors (Lipinski definition) is 3. The normalized spacial score (nSPS) is 13.4. The van der Waals surface area contributed by atoms with Gasteiger partial charge in [0.15, 0.2) is 5.82 Å². The highest BCUT2D eigenvalue weighted by Gasteiger charge is 2.35. The van der Waals surface area contributed by atoms with E-state index in [1.807, 2.05) is 11.3 Å². The van der Waals surface area contributed by atoms with E-state index in [9.17, 15) is 0 Å². The fourth-order valence-corrected chi connectivity index (χ4v) is 10.7. The lowest BCUT2D eigenvalue weighted by Crippen LogP contribution is -2.15. The second-order valence-electron chi connectivity index (χ2n) is 15.3. The fourth-order valence-electron chi connectivity index (χ4n) is 9.45. The molecule has 1 aliphatic rings. The molecule has 0 spiro atoms. The minimum absolute atomic E-state index is 0.102. The number of nitrogens with zero attached hydrogens (tertiary/aromatic N) is 3. The third kappa shape index (κ3) is 4.26. The molecule has 55 heavy (non-hydrogen) atoms. The van der Waals surface area contributed by atoms with Crippen molar-refractivity contribution in [2.24, 2.45) is 0 Å². The van der Waals surface area contributed by atoms with Gasteiger partial charge in [0.05, 0.1) is 22.2 Å². The van der Waals surface area contributed by atoms with E-state index >= 15 is 0 Å². The Morgan fingerprint density at radius 2 is 1.22 bits per heavy atom. The fraction of sp³-hybridized carbons (Fsp3) is 0.0588. The summed E-state index contributed by atoms with van der Waals surface area (Å²) in [6, 6.07) is 59.5. The lowest BCUT2D eigenvalue weighted by molar-refractivity contribution is 0.660. The predicted octanol–water partition coefficient (Wildman–Crippen LogP) is 13.9. The van der Waals surface area contributed by atoms with Crippen LogP contribution in [0.2, 0.25) is 0 Å². The summed E-state index contributed by atoms with van der Waals surface area (Å²) < 4.78 is 5.12. The first-order valence-electron chi connectivity index (χ1n) is 18.9. The molecule has 0 aliphatic heterocycles. The van der Waals surface area contributed by atoms with Crippen LogP contribution in [0.5, 0.6) is 0 Å². The zero-order valence-corrected chi connectivity index (χ0v) is 31.2. The van der Waals surface area contributed by atoms with Gasteiger partial charge in [0.2, 0.25) is 0 Å². The van der Waals surface area contributed by atoms with Gasteiger partial charge in [0.1, 0.15) is 0 Å². The topological polar surface area (TPSA) is 30.7 Å². The molecule has 1 aliphatic carbocycles. The van der Waals surface area contributed by atoms with Crippen molar-refractivity contribution in [3.05, 3.63) is 175 Å². The van der Waals surface area contributed by atoms with Gasteiger partial charge in [-0.1, -0.05) is 141 Å². The molecule has 3 nitrogen and oxygen atoms in total. The second-order valence-corrected chi connectivity index (χ2v) is 16.4. The van der Waals surface area contributed by atoms with Crippen molar-refractivity contribution >= 4 is 75.0 Å². The average molecular weight is 720 g/mol. The molecule has 11 aromatic rings. The monoisotopic (exact) mass is 719 g/mol. The van der Waals surface area contributed by atoms with Gasteiger partial charge in [-0.15, -0.1) is 11.3 Å². The van der Waals surface area contributed by atoms with E-state index in [1.165, 1.54) is 75.0 Å². The second kappa shape index (κ2) is 11.2. The number of thiophene rings is 1. The van der Waals surface area contributed by atoms with Crippen LogP contribution in [0.15, 0.2) is 164 Å². The van der Waals surface area contributed by atoms with E-state index in [2.05, 4.69) is 182 Å². The van der Waals surface area contributed by atoms with Crippen LogP contribution < -0.4 is 0 Å². The van der Waals surface area contributed by atoms with Gasteiger partial charge in [-0.3, -0.25) is 0 Å². The van der Waals surface area contributed by atoms with Crippen LogP contribution in [0.4, 0.5) is 0 Å². The van der Waals surface area contributed by atoms with Crippen LogP contribution in [-0.2, 0) is 5.41 Å². The van der Waals surface area contributed by atoms with E-state index in [0.29, 0.717) is 0 Å². The SMILES string of the molecule is CC1(C)c2ccccc2-c2ccc(-c3nc(-c4cccc(-n5c6ccccc6c6c7c8ccccc8sc7c7ccccc7c65)c4)nc4ccccc34)cc21. The minimum atomic E-state index is -0.102. The number of aromatic nitrogens is 3. The first-order chi connectivity index (χ1) is 27.0. The van der Waals surface area contributed by atoms with Crippen molar-refractivity contribution in [3.8, 4) is 39.5 Å². The summed E-state index contributed by atoms with van der Waals surface area (Å²) in [4.78, 5) is 10.6. The van der Waals surface area contributed by atoms with Crippen LogP contribution in [-0.4, -0.2) is 14.5 Å². The van der Waals surface area contributed by atoms with E-state index in [0.717, 1.165) is 39.2 Å². The third-order valence-electron chi connectivity index (χ3n) is 12.0. The molecule has 3 heterocycles. The zero-order valence-electron chi connectivity index (χ0n) is 30.3. The maximum Gasteiger partial charge on any atom is 0.160 e. The summed E-state index contributed by atoms with van der Waals surface area (Å²) in [6.45, 7) is 4.67. The Labute approximate surface area is 321 Å². The molecule has 0 N–H and O–H groups in total. The molecule has 0 amide bonds. The molecule has 0 fully saturated rings. The largest absolute Gasteiger partial charge is 0.309 e. The number of fused-ring (bicyclic) bond motifs is 14. The average Bonchev–Trinajstić information content (AvgIpc) is 3.87. The summed E-state index contributed by atoms with van der Waals surface area (Å²) in [6.07, 6.45) is 0. The standard InChI is InChI=1S/C51H33N3S/c1-51(2)40-22-9-5-16-33(40)34-27-26-30(29-41(34)51)47-37-19-6-10-23-42(37)52-50(53-47)31-14-13-15-32(28-31)54-43-24-11-7-20-38(43)45-46-39-21-8-12-25-44(39)55-49(46)36-18-4-3-17-35(36)48(45)54/h3-29H,1-2H3. The van der Waals surface area contributed by atoms with Gasteiger partial charge in [-0.25, -0.2) is 9.97 Å². The summed E-state index contributed by atoms with van der Waals surface area (Å²) >= 11 is 1.90. The Morgan fingerprint density at radius 1 is 0.509 bits per heavy atom. The van der Waals surface area contributed by atoms with Crippen LogP contribution in [0.3, 0.4) is 0 Å². The Hall–Kier alpha value is -6.62. The number of rotatable bonds is 3. The van der Waals surface area contributed by atoms with Crippen molar-refractivity contribution in [3.63, 3.8) is 0 Å². The summed E-state index contributed by atoms with van der Waals surface area (Å²) in [7, 11) is 0. The molecule has 0 saturated carbocycles. The molecule has 12 rings (SSSR count). The molecule has 0 radical (unpaired) electrons. The Morgan fingerprint density at radius 3 is 2.11 bits per heavy atom. The molecular weight excluding hydrogens is 687 g/mol. The van der Waals surface area contributed by atoms with Crippen LogP contribution in [0, 0.1) is 0 Å². The maximum absolute atomic E-state index is 5.41. The van der Waals surface area contributed by atoms with Crippen molar-refractivity contribution in [2.75, 3.05) is 0 Å². The zero-order chi connectivity index (χ0) is 36.4. The lowest BCUT2D eigenvalue weighted by atomic mass is 9.82. The van der Waals surface area contributed by atoms with E-state index in [-0.39, 0.29) is 5.41 Å². The maximum atomic E-state index is 5.41. The molecule has 8 aromatic carbocycles. The van der Waals surface area contributed by atoms with Crippen LogP contribution in [0.25, 0.3) is 103 Å². The number of hydrogen-bond donors (Lipinski definition) is 0. The number of para-hydroxylation sites is 2. The first kappa shape index (κ1) is 30.8. The Balaban J connectivity index is 1.10. The van der Waals surface area contributed by atoms with Gasteiger partial charge in [-0.2, -0.15) is 0 Å². The Bertz CT molecular complexity index is 3420. The molecular formula is C51H33N3S. The minimum Gasteiger partial charge on any atom is -0.309 e. The molecule has 0 atom stereocenters. The van der Waals surface area contributed by atoms with Crippen LogP contribution in [0.1, 0.15) is 25.0 Å². The molecule has 0 saturated heterocycles. The predicted molar refractivity (Wildman–Crippen MR) is 233 cm³/mol. The van der Waals surface area contributed by atoms with Crippen molar-refractivity contribution in [1.29, 1.82) is 0 Å². The highest BCUT2D eigenvalue weighted by molar-refractivity contribution is 7.27. The summed E-state index contributed by atoms with van der Waals surface area (Å²) in [5.74, 6) is 0.718. The third-order valence-corrected chi connectivity index (χ3v) is 13.2. The van der Waals surface area contributed by atoms with Gasteiger partial charge in [-0.05, 0) is 58.7 Å². The van der Waals surface area contributed by atoms with Gasteiger partial charge >= 0.3 is 0 Å². The smallest absolute Gasteiger partial charge is 0.160 e. The van der Waals surface area contributed by atoms with E-state index in [1.54, 1.807) is 0 Å². The van der Waals surface area contributed by atoms with E-state index < -0.39 is 0 Å². The van der Waals surface area contributed by atoms with Crippen LogP contribution >= 0.6 is 11.3 Å². The molecule has 4 heteroatoms. The van der Waals surface area contributed by atoms with Crippen molar-refractivity contribution in [2.45, 2.75) is 19.3 Å². The quantitative estimate of drug-likeness (QED) is 0.182. The van der Waals surface area contributed by atoms with Gasteiger partial charge < -0.3 is 4.57 Å². The number of benzene rings is 8. The highest BCUT2D eigenvalue weighted by Crippen LogP contribution is 2.50. The molecule has 0 unspecified atom stereocenters. The Kier molecular flexibility index (Phi) is 6.27. The van der Waals surface area contributed by atoms with E-state index in [4.69, 9.17) is 9.97 Å². The van der Waals surface area contributed by atoms with Crippen molar-refractivity contribution in [1.82, 2.24) is 14.5 Å². The first-order valence-corrected chi connectivity index (χ1v) is 19.7. The van der Waals surface area contributed by atoms with Gasteiger partial charge in [0, 0.05) is 69.3 Å². The lowest BCUT2D eigenvalue weighted by Gasteiger charge is -2.22. The molecule has 258 valence electrons. The summed E-state index contributed by atoms with van der Waals surface area (Å²) in [5.41, 5.74) is 12.7. The van der Waals surface area contributed by atoms with Crippen molar-refractivity contribution < 1.29 is 0 Å². The molecule has 0 bridgehead atoms. The molecule has 3 aromatic heterocycles. The highest BCUT2D eigenvalue weighted by atomic mass is 32.1. The van der Waals surface area contributed by atoms with Gasteiger partial charge in [0.25, 0.3) is 0 Å².